The molecule has 6 saturated carbocycles. The molecule has 8 nitrogen and oxygen atoms in total. The first kappa shape index (κ1) is 43.3. The predicted octanol–water partition coefficient (Wildman–Crippen LogP) is 9.89. The SMILES string of the molecule is CC.CC.CCC(C)(C)C(=O)OCC(=O)OC1(CC)CC2CC1C1C3CCC(C3)C21.CCC(C)(C)C(=O)OCC(=O)OC1(CC)CC2CCC1C2. The van der Waals surface area contributed by atoms with E-state index in [9.17, 15) is 19.2 Å². The Labute approximate surface area is 310 Å². The third-order valence-corrected chi connectivity index (χ3v) is 14.2. The molecule has 51 heavy (non-hydrogen) atoms. The molecular weight excluding hydrogens is 644 g/mol. The highest BCUT2D eigenvalue weighted by Gasteiger charge is 2.67. The summed E-state index contributed by atoms with van der Waals surface area (Å²) in [6.07, 6.45) is 14.2. The molecule has 6 fully saturated rings. The summed E-state index contributed by atoms with van der Waals surface area (Å²) in [7, 11) is 0. The van der Waals surface area contributed by atoms with Crippen LogP contribution in [0, 0.1) is 58.2 Å². The largest absolute Gasteiger partial charge is 0.456 e. The Bertz CT molecular complexity index is 1190. The number of carbonyl (C=O) groups excluding carboxylic acids is 4. The average Bonchev–Trinajstić information content (AvgIpc) is 4.00. The van der Waals surface area contributed by atoms with Crippen molar-refractivity contribution in [3.63, 3.8) is 0 Å². The van der Waals surface area contributed by atoms with Gasteiger partial charge in [0, 0.05) is 5.92 Å². The van der Waals surface area contributed by atoms with E-state index in [-0.39, 0.29) is 42.3 Å². The molecule has 0 aromatic rings. The molecule has 6 aliphatic carbocycles. The van der Waals surface area contributed by atoms with E-state index in [1.54, 1.807) is 0 Å². The van der Waals surface area contributed by atoms with Crippen LogP contribution in [0.25, 0.3) is 0 Å². The van der Waals surface area contributed by atoms with Crippen LogP contribution in [0.2, 0.25) is 0 Å². The summed E-state index contributed by atoms with van der Waals surface area (Å²) >= 11 is 0. The summed E-state index contributed by atoms with van der Waals surface area (Å²) in [6, 6.07) is 0. The minimum Gasteiger partial charge on any atom is -0.456 e. The monoisotopic (exact) mass is 719 g/mol. The van der Waals surface area contributed by atoms with Crippen molar-refractivity contribution < 1.29 is 38.1 Å². The molecule has 0 amide bonds. The zero-order chi connectivity index (χ0) is 38.4. The molecule has 0 aromatic carbocycles. The fourth-order valence-electron chi connectivity index (χ4n) is 10.8. The van der Waals surface area contributed by atoms with E-state index in [1.807, 2.05) is 69.2 Å². The van der Waals surface area contributed by atoms with Gasteiger partial charge >= 0.3 is 23.9 Å². The molecule has 10 unspecified atom stereocenters. The van der Waals surface area contributed by atoms with Crippen molar-refractivity contribution in [2.75, 3.05) is 13.2 Å². The van der Waals surface area contributed by atoms with E-state index in [4.69, 9.17) is 18.9 Å². The number of esters is 4. The van der Waals surface area contributed by atoms with Gasteiger partial charge in [0.25, 0.3) is 0 Å². The molecule has 0 radical (unpaired) electrons. The third-order valence-electron chi connectivity index (χ3n) is 14.2. The number of rotatable bonds is 12. The molecule has 0 saturated heterocycles. The lowest BCUT2D eigenvalue weighted by atomic mass is 9.65. The Morgan fingerprint density at radius 2 is 1.08 bits per heavy atom. The summed E-state index contributed by atoms with van der Waals surface area (Å²) in [5.41, 5.74) is -1.70. The molecule has 8 heteroatoms. The van der Waals surface area contributed by atoms with E-state index in [1.165, 1.54) is 38.5 Å². The summed E-state index contributed by atoms with van der Waals surface area (Å²) in [5.74, 6) is 4.58. The molecule has 0 N–H and O–H groups in total. The zero-order valence-corrected chi connectivity index (χ0v) is 34.5. The van der Waals surface area contributed by atoms with Crippen LogP contribution in [0.3, 0.4) is 0 Å². The number of ether oxygens (including phenoxy) is 4. The lowest BCUT2D eigenvalue weighted by Crippen LogP contribution is -2.48. The Hall–Kier alpha value is -2.12. The highest BCUT2D eigenvalue weighted by molar-refractivity contribution is 5.80. The van der Waals surface area contributed by atoms with Crippen molar-refractivity contribution in [1.82, 2.24) is 0 Å². The molecular formula is C43H74O8. The number of hydrogen-bond acceptors (Lipinski definition) is 8. The smallest absolute Gasteiger partial charge is 0.344 e. The van der Waals surface area contributed by atoms with Crippen molar-refractivity contribution in [3.8, 4) is 0 Å². The van der Waals surface area contributed by atoms with Crippen molar-refractivity contribution in [1.29, 1.82) is 0 Å². The Morgan fingerprint density at radius 1 is 0.588 bits per heavy atom. The van der Waals surface area contributed by atoms with E-state index >= 15 is 0 Å². The van der Waals surface area contributed by atoms with E-state index in [0.717, 1.165) is 61.7 Å². The maximum absolute atomic E-state index is 12.5. The van der Waals surface area contributed by atoms with Crippen molar-refractivity contribution in [3.05, 3.63) is 0 Å². The molecule has 294 valence electrons. The lowest BCUT2D eigenvalue weighted by Gasteiger charge is -2.45. The van der Waals surface area contributed by atoms with E-state index < -0.39 is 16.8 Å². The van der Waals surface area contributed by atoms with Gasteiger partial charge in [-0.3, -0.25) is 9.59 Å². The van der Waals surface area contributed by atoms with Gasteiger partial charge in [0.2, 0.25) is 0 Å². The highest BCUT2D eigenvalue weighted by Crippen LogP contribution is 2.70. The van der Waals surface area contributed by atoms with Crippen molar-refractivity contribution in [2.24, 2.45) is 58.2 Å². The van der Waals surface area contributed by atoms with Gasteiger partial charge in [0.15, 0.2) is 13.2 Å². The zero-order valence-electron chi connectivity index (χ0n) is 34.5. The van der Waals surface area contributed by atoms with Gasteiger partial charge in [0.05, 0.1) is 10.8 Å². The summed E-state index contributed by atoms with van der Waals surface area (Å²) in [5, 5.41) is 0. The second-order valence-electron chi connectivity index (χ2n) is 17.3. The van der Waals surface area contributed by atoms with Gasteiger partial charge in [0.1, 0.15) is 11.2 Å². The average molecular weight is 719 g/mol. The fraction of sp³-hybridized carbons (Fsp3) is 0.907. The van der Waals surface area contributed by atoms with E-state index in [0.29, 0.717) is 30.6 Å². The minimum absolute atomic E-state index is 0.248. The first-order valence-corrected chi connectivity index (χ1v) is 20.9. The number of hydrogen-bond donors (Lipinski definition) is 0. The van der Waals surface area contributed by atoms with Crippen LogP contribution in [0.15, 0.2) is 0 Å². The van der Waals surface area contributed by atoms with Crippen LogP contribution in [0.4, 0.5) is 0 Å². The maximum atomic E-state index is 12.5. The second kappa shape index (κ2) is 17.8. The summed E-state index contributed by atoms with van der Waals surface area (Å²) in [4.78, 5) is 48.6. The maximum Gasteiger partial charge on any atom is 0.344 e. The third kappa shape index (κ3) is 8.99. The topological polar surface area (TPSA) is 105 Å². The van der Waals surface area contributed by atoms with Crippen LogP contribution in [0.5, 0.6) is 0 Å². The van der Waals surface area contributed by atoms with Crippen LogP contribution in [-0.4, -0.2) is 48.3 Å². The Morgan fingerprint density at radius 3 is 1.51 bits per heavy atom. The van der Waals surface area contributed by atoms with Crippen molar-refractivity contribution >= 4 is 23.9 Å². The van der Waals surface area contributed by atoms with Gasteiger partial charge in [-0.25, -0.2) is 9.59 Å². The number of carbonyl (C=O) groups is 4. The lowest BCUT2D eigenvalue weighted by molar-refractivity contribution is -0.182. The molecule has 0 aliphatic heterocycles. The first-order chi connectivity index (χ1) is 24.1. The van der Waals surface area contributed by atoms with Gasteiger partial charge in [-0.15, -0.1) is 0 Å². The minimum atomic E-state index is -0.550. The molecule has 0 aromatic heterocycles. The van der Waals surface area contributed by atoms with Gasteiger partial charge in [-0.05, 0) is 153 Å². The standard InChI is InChI=1S/C22H34O4.C17H28O4.2C2H6/c1-5-21(3,4)20(24)25-12-17(23)26-22(6-2)11-15-10-16(22)19-14-8-7-13(9-14)18(15)19;1-5-16(3,4)15(19)20-11-14(18)21-17(6-2)10-12-7-8-13(17)9-12;2*1-2/h13-16,18-19H,5-12H2,1-4H3;12-13H,5-11H2,1-4H3;2*1-2H3. The molecule has 0 heterocycles. The Kier molecular flexibility index (Phi) is 15.1. The van der Waals surface area contributed by atoms with Gasteiger partial charge < -0.3 is 18.9 Å². The van der Waals surface area contributed by atoms with Crippen LogP contribution >= 0.6 is 0 Å². The molecule has 10 atom stereocenters. The quantitative estimate of drug-likeness (QED) is 0.112. The molecule has 6 aliphatic rings. The van der Waals surface area contributed by atoms with Gasteiger partial charge in [-0.2, -0.15) is 0 Å². The van der Waals surface area contributed by atoms with E-state index in [2.05, 4.69) is 13.8 Å². The van der Waals surface area contributed by atoms with Gasteiger partial charge in [-0.1, -0.05) is 55.4 Å². The normalized spacial score (nSPS) is 34.9. The van der Waals surface area contributed by atoms with Crippen LogP contribution < -0.4 is 0 Å². The molecule has 6 rings (SSSR count). The fourth-order valence-corrected chi connectivity index (χ4v) is 10.8. The Balaban J connectivity index is 0.000000256. The first-order valence-electron chi connectivity index (χ1n) is 20.9. The molecule has 6 bridgehead atoms. The second-order valence-corrected chi connectivity index (χ2v) is 17.3. The highest BCUT2D eigenvalue weighted by atomic mass is 16.6. The number of fused-ring (bicyclic) bond motifs is 11. The predicted molar refractivity (Wildman–Crippen MR) is 200 cm³/mol. The summed E-state index contributed by atoms with van der Waals surface area (Å²) < 4.78 is 22.2. The van der Waals surface area contributed by atoms with Crippen LogP contribution in [0.1, 0.15) is 167 Å². The summed E-state index contributed by atoms with van der Waals surface area (Å²) in [6.45, 7) is 23.0. The molecule has 0 spiro atoms. The van der Waals surface area contributed by atoms with Crippen molar-refractivity contribution in [2.45, 2.75) is 178 Å². The van der Waals surface area contributed by atoms with Crippen LogP contribution in [-0.2, 0) is 38.1 Å².